The van der Waals surface area contributed by atoms with E-state index < -0.39 is 17.8 Å². The summed E-state index contributed by atoms with van der Waals surface area (Å²) in [5.74, 6) is -1.13. The number of halogens is 3. The highest BCUT2D eigenvalue weighted by molar-refractivity contribution is 5.95. The molecule has 0 aromatic carbocycles. The van der Waals surface area contributed by atoms with Gasteiger partial charge in [0.25, 0.3) is 5.91 Å². The molecule has 1 aliphatic heterocycles. The molecule has 2 rings (SSSR count). The van der Waals surface area contributed by atoms with Gasteiger partial charge in [0, 0.05) is 19.5 Å². The first kappa shape index (κ1) is 18.2. The molecule has 132 valence electrons. The van der Waals surface area contributed by atoms with Crippen LogP contribution in [0.25, 0.3) is 0 Å². The number of carboxylic acid groups (broad SMARTS) is 1. The van der Waals surface area contributed by atoms with Crippen LogP contribution in [0.3, 0.4) is 0 Å². The molecule has 0 saturated carbocycles. The normalized spacial score (nSPS) is 18.5. The third-order valence-electron chi connectivity index (χ3n) is 4.18. The van der Waals surface area contributed by atoms with Crippen molar-refractivity contribution in [2.45, 2.75) is 38.8 Å². The smallest absolute Gasteiger partial charge is 0.433 e. The lowest BCUT2D eigenvalue weighted by molar-refractivity contribution is -0.141. The Bertz CT molecular complexity index is 631. The van der Waals surface area contributed by atoms with Gasteiger partial charge in [-0.1, -0.05) is 0 Å². The van der Waals surface area contributed by atoms with Crippen LogP contribution in [0.5, 0.6) is 0 Å². The summed E-state index contributed by atoms with van der Waals surface area (Å²) >= 11 is 0. The molecule has 1 aromatic heterocycles. The summed E-state index contributed by atoms with van der Waals surface area (Å²) in [5.41, 5.74) is -0.820. The van der Waals surface area contributed by atoms with Crippen molar-refractivity contribution in [3.63, 3.8) is 0 Å². The zero-order valence-corrected chi connectivity index (χ0v) is 13.3. The largest absolute Gasteiger partial charge is 0.481 e. The zero-order valence-electron chi connectivity index (χ0n) is 13.3. The summed E-state index contributed by atoms with van der Waals surface area (Å²) in [7, 11) is 0. The van der Waals surface area contributed by atoms with Crippen LogP contribution >= 0.6 is 0 Å². The first-order valence-corrected chi connectivity index (χ1v) is 7.74. The molecule has 8 heteroatoms. The number of amides is 1. The number of rotatable bonds is 4. The summed E-state index contributed by atoms with van der Waals surface area (Å²) in [4.78, 5) is 28.3. The monoisotopic (exact) mass is 344 g/mol. The van der Waals surface area contributed by atoms with Gasteiger partial charge in [-0.3, -0.25) is 9.59 Å². The number of carbonyl (C=O) groups excluding carboxylic acids is 1. The van der Waals surface area contributed by atoms with Gasteiger partial charge in [-0.2, -0.15) is 13.2 Å². The van der Waals surface area contributed by atoms with Crippen molar-refractivity contribution in [1.29, 1.82) is 0 Å². The maximum Gasteiger partial charge on any atom is 0.433 e. The van der Waals surface area contributed by atoms with Crippen molar-refractivity contribution < 1.29 is 27.9 Å². The molecule has 1 atom stereocenters. The average molecular weight is 344 g/mol. The van der Waals surface area contributed by atoms with Crippen molar-refractivity contribution in [3.05, 3.63) is 29.1 Å². The van der Waals surface area contributed by atoms with Crippen molar-refractivity contribution in [2.75, 3.05) is 13.1 Å². The van der Waals surface area contributed by atoms with Gasteiger partial charge < -0.3 is 10.0 Å². The predicted octanol–water partition coefficient (Wildman–Crippen LogP) is 3.13. The third kappa shape index (κ3) is 4.46. The predicted molar refractivity (Wildman–Crippen MR) is 79.5 cm³/mol. The number of aryl methyl sites for hydroxylation is 1. The quantitative estimate of drug-likeness (QED) is 0.911. The van der Waals surface area contributed by atoms with E-state index >= 15 is 0 Å². The van der Waals surface area contributed by atoms with Crippen LogP contribution < -0.4 is 0 Å². The Morgan fingerprint density at radius 3 is 2.67 bits per heavy atom. The Hall–Kier alpha value is -2.12. The van der Waals surface area contributed by atoms with Crippen LogP contribution in [0.15, 0.2) is 12.1 Å². The molecule has 0 radical (unpaired) electrons. The van der Waals surface area contributed by atoms with Gasteiger partial charge in [-0.05, 0) is 44.2 Å². The van der Waals surface area contributed by atoms with Gasteiger partial charge >= 0.3 is 12.1 Å². The lowest BCUT2D eigenvalue weighted by Crippen LogP contribution is -2.40. The first-order valence-electron chi connectivity index (χ1n) is 7.74. The third-order valence-corrected chi connectivity index (χ3v) is 4.18. The molecule has 0 aliphatic carbocycles. The minimum absolute atomic E-state index is 0.0440. The maximum atomic E-state index is 12.7. The second-order valence-corrected chi connectivity index (χ2v) is 6.02. The van der Waals surface area contributed by atoms with E-state index in [1.165, 1.54) is 6.92 Å². The second kappa shape index (κ2) is 7.19. The van der Waals surface area contributed by atoms with Gasteiger partial charge in [-0.15, -0.1) is 0 Å². The van der Waals surface area contributed by atoms with Gasteiger partial charge in [0.2, 0.25) is 0 Å². The Labute approximate surface area is 137 Å². The molecule has 0 unspecified atom stereocenters. The Balaban J connectivity index is 2.09. The molecule has 1 amide bonds. The number of likely N-dealkylation sites (tertiary alicyclic amines) is 1. The molecule has 5 nitrogen and oxygen atoms in total. The molecule has 0 spiro atoms. The number of nitrogens with zero attached hydrogens (tertiary/aromatic N) is 2. The zero-order chi connectivity index (χ0) is 17.9. The standard InChI is InChI=1S/C16H19F3N2O3/c1-10-12(5-6-13(20-10)16(17,18)19)15(24)21-8-2-3-11(9-21)4-7-14(22)23/h5-6,11H,2-4,7-9H2,1H3,(H,22,23)/t11-/m0/s1. The number of piperidine rings is 1. The summed E-state index contributed by atoms with van der Waals surface area (Å²) in [6.07, 6.45) is -2.40. The molecule has 1 fully saturated rings. The van der Waals surface area contributed by atoms with E-state index in [4.69, 9.17) is 5.11 Å². The number of aliphatic carboxylic acids is 1. The molecular formula is C16H19F3N2O3. The van der Waals surface area contributed by atoms with E-state index in [0.717, 1.165) is 25.0 Å². The van der Waals surface area contributed by atoms with Crippen LogP contribution in [0.1, 0.15) is 47.4 Å². The fourth-order valence-corrected chi connectivity index (χ4v) is 2.93. The molecule has 1 N–H and O–H groups in total. The van der Waals surface area contributed by atoms with Crippen molar-refractivity contribution >= 4 is 11.9 Å². The SMILES string of the molecule is Cc1nc(C(F)(F)F)ccc1C(=O)N1CCC[C@@H](CCC(=O)O)C1. The van der Waals surface area contributed by atoms with Crippen molar-refractivity contribution in [2.24, 2.45) is 5.92 Å². The minimum Gasteiger partial charge on any atom is -0.481 e. The highest BCUT2D eigenvalue weighted by Crippen LogP contribution is 2.29. The second-order valence-electron chi connectivity index (χ2n) is 6.02. The first-order chi connectivity index (χ1) is 11.2. The van der Waals surface area contributed by atoms with Gasteiger partial charge in [0.15, 0.2) is 0 Å². The molecule has 2 heterocycles. The summed E-state index contributed by atoms with van der Waals surface area (Å²) in [5, 5.41) is 8.74. The number of carboxylic acids is 1. The van der Waals surface area contributed by atoms with Crippen LogP contribution in [0, 0.1) is 12.8 Å². The number of pyridine rings is 1. The van der Waals surface area contributed by atoms with E-state index in [-0.39, 0.29) is 29.5 Å². The fourth-order valence-electron chi connectivity index (χ4n) is 2.93. The number of hydrogen-bond donors (Lipinski definition) is 1. The lowest BCUT2D eigenvalue weighted by atomic mass is 9.93. The van der Waals surface area contributed by atoms with Crippen LogP contribution in [0.4, 0.5) is 13.2 Å². The molecule has 1 saturated heterocycles. The van der Waals surface area contributed by atoms with Gasteiger partial charge in [-0.25, -0.2) is 4.98 Å². The van der Waals surface area contributed by atoms with Crippen molar-refractivity contribution in [1.82, 2.24) is 9.88 Å². The number of hydrogen-bond acceptors (Lipinski definition) is 3. The lowest BCUT2D eigenvalue weighted by Gasteiger charge is -2.33. The van der Waals surface area contributed by atoms with E-state index in [1.54, 1.807) is 4.90 Å². The molecule has 1 aromatic rings. The van der Waals surface area contributed by atoms with Gasteiger partial charge in [0.1, 0.15) is 5.69 Å². The summed E-state index contributed by atoms with van der Waals surface area (Å²) in [6, 6.07) is 1.97. The molecular weight excluding hydrogens is 325 g/mol. The highest BCUT2D eigenvalue weighted by atomic mass is 19.4. The highest BCUT2D eigenvalue weighted by Gasteiger charge is 2.33. The molecule has 24 heavy (non-hydrogen) atoms. The molecule has 1 aliphatic rings. The number of aromatic nitrogens is 1. The average Bonchev–Trinajstić information content (AvgIpc) is 2.51. The summed E-state index contributed by atoms with van der Waals surface area (Å²) in [6.45, 7) is 2.32. The van der Waals surface area contributed by atoms with Crippen LogP contribution in [-0.4, -0.2) is 40.0 Å². The Kier molecular flexibility index (Phi) is 5.46. The fraction of sp³-hybridized carbons (Fsp3) is 0.562. The van der Waals surface area contributed by atoms with Gasteiger partial charge in [0.05, 0.1) is 11.3 Å². The summed E-state index contributed by atoms with van der Waals surface area (Å²) < 4.78 is 38.0. The van der Waals surface area contributed by atoms with Crippen molar-refractivity contribution in [3.8, 4) is 0 Å². The van der Waals surface area contributed by atoms with E-state index in [9.17, 15) is 22.8 Å². The van der Waals surface area contributed by atoms with Crippen LogP contribution in [-0.2, 0) is 11.0 Å². The van der Waals surface area contributed by atoms with E-state index in [2.05, 4.69) is 4.98 Å². The van der Waals surface area contributed by atoms with Crippen LogP contribution in [0.2, 0.25) is 0 Å². The topological polar surface area (TPSA) is 70.5 Å². The minimum atomic E-state index is -4.54. The van der Waals surface area contributed by atoms with E-state index in [1.807, 2.05) is 0 Å². The van der Waals surface area contributed by atoms with E-state index in [0.29, 0.717) is 19.5 Å². The number of carbonyl (C=O) groups is 2. The number of alkyl halides is 3. The maximum absolute atomic E-state index is 12.7. The Morgan fingerprint density at radius 1 is 1.38 bits per heavy atom. The Morgan fingerprint density at radius 2 is 2.08 bits per heavy atom. The molecule has 0 bridgehead atoms.